The van der Waals surface area contributed by atoms with Crippen molar-refractivity contribution in [2.75, 3.05) is 33.2 Å². The van der Waals surface area contributed by atoms with Crippen LogP contribution >= 0.6 is 0 Å². The van der Waals surface area contributed by atoms with E-state index < -0.39 is 0 Å². The van der Waals surface area contributed by atoms with Crippen LogP contribution in [0.1, 0.15) is 17.2 Å². The maximum atomic E-state index is 13.5. The van der Waals surface area contributed by atoms with Crippen LogP contribution in [0.2, 0.25) is 0 Å². The van der Waals surface area contributed by atoms with Crippen LogP contribution in [-0.2, 0) is 19.4 Å². The summed E-state index contributed by atoms with van der Waals surface area (Å²) in [6.45, 7) is 5.08. The molecule has 0 N–H and O–H groups in total. The highest BCUT2D eigenvalue weighted by molar-refractivity contribution is 5.45. The molecule has 0 spiro atoms. The van der Waals surface area contributed by atoms with Crippen molar-refractivity contribution in [2.24, 2.45) is 0 Å². The van der Waals surface area contributed by atoms with Gasteiger partial charge in [0.1, 0.15) is 11.6 Å². The molecule has 0 aliphatic carbocycles. The lowest BCUT2D eigenvalue weighted by Gasteiger charge is -2.32. The van der Waals surface area contributed by atoms with Gasteiger partial charge in [0.05, 0.1) is 12.2 Å². The summed E-state index contributed by atoms with van der Waals surface area (Å²) in [7, 11) is 2.15. The van der Waals surface area contributed by atoms with E-state index in [1.54, 1.807) is 6.07 Å². The lowest BCUT2D eigenvalue weighted by atomic mass is 10.0. The van der Waals surface area contributed by atoms with Gasteiger partial charge in [-0.05, 0) is 37.2 Å². The zero-order valence-electron chi connectivity index (χ0n) is 12.8. The predicted octanol–water partition coefficient (Wildman–Crippen LogP) is 1.25. The van der Waals surface area contributed by atoms with E-state index in [0.717, 1.165) is 68.5 Å². The fourth-order valence-electron chi connectivity index (χ4n) is 3.32. The van der Waals surface area contributed by atoms with Crippen molar-refractivity contribution in [1.82, 2.24) is 24.6 Å². The summed E-state index contributed by atoms with van der Waals surface area (Å²) in [6.07, 6.45) is 1.66. The molecule has 0 unspecified atom stereocenters. The minimum Gasteiger partial charge on any atom is -0.304 e. The molecule has 1 fully saturated rings. The summed E-state index contributed by atoms with van der Waals surface area (Å²) in [5.74, 6) is 1.78. The first-order chi connectivity index (χ1) is 10.7. The maximum Gasteiger partial charge on any atom is 0.151 e. The molecule has 5 nitrogen and oxygen atoms in total. The Balaban J connectivity index is 1.64. The van der Waals surface area contributed by atoms with E-state index in [1.807, 2.05) is 6.07 Å². The number of piperazine rings is 1. The average molecular weight is 301 g/mol. The molecule has 1 aromatic carbocycles. The van der Waals surface area contributed by atoms with Gasteiger partial charge in [0.25, 0.3) is 0 Å². The number of likely N-dealkylation sites (N-methyl/N-ethyl adjacent to an activating group) is 1. The Labute approximate surface area is 129 Å². The van der Waals surface area contributed by atoms with Gasteiger partial charge < -0.3 is 4.90 Å². The minimum absolute atomic E-state index is 0.170. The summed E-state index contributed by atoms with van der Waals surface area (Å²) in [5.41, 5.74) is 2.09. The Morgan fingerprint density at radius 3 is 2.73 bits per heavy atom. The van der Waals surface area contributed by atoms with E-state index in [1.165, 1.54) is 6.07 Å². The molecule has 6 heteroatoms. The lowest BCUT2D eigenvalue weighted by molar-refractivity contribution is 0.145. The normalized spacial score (nSPS) is 19.0. The molecule has 0 bridgehead atoms. The Morgan fingerprint density at radius 1 is 1.09 bits per heavy atom. The highest BCUT2D eigenvalue weighted by Crippen LogP contribution is 2.26. The minimum atomic E-state index is -0.170. The third-order valence-electron chi connectivity index (χ3n) is 4.66. The Morgan fingerprint density at radius 2 is 1.91 bits per heavy atom. The van der Waals surface area contributed by atoms with E-state index in [2.05, 4.69) is 31.6 Å². The van der Waals surface area contributed by atoms with Gasteiger partial charge in [0.15, 0.2) is 5.82 Å². The molecule has 2 aliphatic rings. The molecular weight excluding hydrogens is 281 g/mol. The molecule has 4 rings (SSSR count). The quantitative estimate of drug-likeness (QED) is 0.837. The Hall–Kier alpha value is -1.79. The third-order valence-corrected chi connectivity index (χ3v) is 4.66. The van der Waals surface area contributed by atoms with Crippen molar-refractivity contribution in [3.05, 3.63) is 41.2 Å². The second-order valence-electron chi connectivity index (χ2n) is 6.22. The van der Waals surface area contributed by atoms with Crippen LogP contribution in [0, 0.1) is 5.82 Å². The molecule has 3 heterocycles. The van der Waals surface area contributed by atoms with Gasteiger partial charge in [0, 0.05) is 32.6 Å². The fraction of sp³-hybridized carbons (Fsp3) is 0.500. The number of aryl methyl sites for hydroxylation is 2. The van der Waals surface area contributed by atoms with Crippen molar-refractivity contribution < 1.29 is 4.39 Å². The molecule has 2 aromatic rings. The van der Waals surface area contributed by atoms with Crippen LogP contribution in [0.4, 0.5) is 4.39 Å². The first kappa shape index (κ1) is 13.8. The van der Waals surface area contributed by atoms with Gasteiger partial charge in [-0.2, -0.15) is 0 Å². The van der Waals surface area contributed by atoms with Gasteiger partial charge in [-0.15, -0.1) is 10.2 Å². The van der Waals surface area contributed by atoms with Crippen molar-refractivity contribution in [3.63, 3.8) is 0 Å². The molecule has 116 valence electrons. The SMILES string of the molecule is CN1CCN(Cc2nnc3n2-c2ccc(F)cc2CC3)CC1. The van der Waals surface area contributed by atoms with Crippen LogP contribution in [-0.4, -0.2) is 57.8 Å². The van der Waals surface area contributed by atoms with Crippen molar-refractivity contribution in [1.29, 1.82) is 0 Å². The lowest BCUT2D eigenvalue weighted by Crippen LogP contribution is -2.44. The van der Waals surface area contributed by atoms with Gasteiger partial charge in [-0.3, -0.25) is 9.47 Å². The average Bonchev–Trinajstić information content (AvgIpc) is 2.92. The fourth-order valence-corrected chi connectivity index (χ4v) is 3.32. The molecule has 0 radical (unpaired) electrons. The van der Waals surface area contributed by atoms with Gasteiger partial charge in [0.2, 0.25) is 0 Å². The first-order valence-corrected chi connectivity index (χ1v) is 7.83. The topological polar surface area (TPSA) is 37.2 Å². The third kappa shape index (κ3) is 2.42. The van der Waals surface area contributed by atoms with E-state index >= 15 is 0 Å². The molecule has 0 saturated carbocycles. The van der Waals surface area contributed by atoms with E-state index in [0.29, 0.717) is 0 Å². The number of aromatic nitrogens is 3. The van der Waals surface area contributed by atoms with Crippen LogP contribution in [0.3, 0.4) is 0 Å². The number of fused-ring (bicyclic) bond motifs is 3. The maximum absolute atomic E-state index is 13.5. The Bertz CT molecular complexity index is 688. The number of nitrogens with zero attached hydrogens (tertiary/aromatic N) is 5. The molecule has 2 aliphatic heterocycles. The van der Waals surface area contributed by atoms with Crippen molar-refractivity contribution in [3.8, 4) is 5.69 Å². The van der Waals surface area contributed by atoms with Crippen LogP contribution in [0.15, 0.2) is 18.2 Å². The van der Waals surface area contributed by atoms with E-state index in [-0.39, 0.29) is 5.82 Å². The molecule has 1 saturated heterocycles. The zero-order chi connectivity index (χ0) is 15.1. The molecule has 0 amide bonds. The van der Waals surface area contributed by atoms with Gasteiger partial charge >= 0.3 is 0 Å². The number of rotatable bonds is 2. The zero-order valence-corrected chi connectivity index (χ0v) is 12.8. The van der Waals surface area contributed by atoms with Crippen LogP contribution in [0.5, 0.6) is 0 Å². The van der Waals surface area contributed by atoms with Crippen molar-refractivity contribution in [2.45, 2.75) is 19.4 Å². The van der Waals surface area contributed by atoms with Crippen LogP contribution < -0.4 is 0 Å². The molecular formula is C16H20FN5. The molecule has 1 aromatic heterocycles. The number of halogens is 1. The summed E-state index contributed by atoms with van der Waals surface area (Å²) >= 11 is 0. The smallest absolute Gasteiger partial charge is 0.151 e. The van der Waals surface area contributed by atoms with E-state index in [9.17, 15) is 4.39 Å². The number of benzene rings is 1. The number of hydrogen-bond donors (Lipinski definition) is 0. The molecule has 0 atom stereocenters. The largest absolute Gasteiger partial charge is 0.304 e. The highest BCUT2D eigenvalue weighted by atomic mass is 19.1. The monoisotopic (exact) mass is 301 g/mol. The second-order valence-corrected chi connectivity index (χ2v) is 6.22. The van der Waals surface area contributed by atoms with Crippen molar-refractivity contribution >= 4 is 0 Å². The Kier molecular flexibility index (Phi) is 3.43. The number of hydrogen-bond acceptors (Lipinski definition) is 4. The van der Waals surface area contributed by atoms with Gasteiger partial charge in [-0.1, -0.05) is 0 Å². The van der Waals surface area contributed by atoms with Gasteiger partial charge in [-0.25, -0.2) is 4.39 Å². The summed E-state index contributed by atoms with van der Waals surface area (Å²) in [5, 5.41) is 8.74. The standard InChI is InChI=1S/C16H20FN5/c1-20-6-8-21(9-7-20)11-16-19-18-15-5-2-12-10-13(17)3-4-14(12)22(15)16/h3-4,10H,2,5-9,11H2,1H3. The summed E-state index contributed by atoms with van der Waals surface area (Å²) in [4.78, 5) is 4.75. The highest BCUT2D eigenvalue weighted by Gasteiger charge is 2.23. The second kappa shape index (κ2) is 5.44. The summed E-state index contributed by atoms with van der Waals surface area (Å²) in [6, 6.07) is 5.01. The first-order valence-electron chi connectivity index (χ1n) is 7.83. The summed E-state index contributed by atoms with van der Waals surface area (Å²) < 4.78 is 15.6. The molecule has 22 heavy (non-hydrogen) atoms. The predicted molar refractivity (Wildman–Crippen MR) is 81.5 cm³/mol. The van der Waals surface area contributed by atoms with E-state index in [4.69, 9.17) is 0 Å². The van der Waals surface area contributed by atoms with Crippen LogP contribution in [0.25, 0.3) is 5.69 Å².